The number of hydrogen-bond acceptors (Lipinski definition) is 2. The summed E-state index contributed by atoms with van der Waals surface area (Å²) in [7, 11) is 0. The molecule has 1 aromatic rings. The SMILES string of the molecule is CC.NC(=O)c1ccccn1.[HH]. The van der Waals surface area contributed by atoms with E-state index in [9.17, 15) is 4.79 Å². The third kappa shape index (κ3) is 3.35. The molecule has 0 saturated heterocycles. The van der Waals surface area contributed by atoms with Crippen LogP contribution in [0, 0.1) is 0 Å². The highest BCUT2D eigenvalue weighted by molar-refractivity contribution is 5.90. The molecule has 0 aliphatic rings. The molecule has 11 heavy (non-hydrogen) atoms. The van der Waals surface area contributed by atoms with Crippen molar-refractivity contribution in [2.24, 2.45) is 5.73 Å². The van der Waals surface area contributed by atoms with Gasteiger partial charge in [-0.25, -0.2) is 0 Å². The van der Waals surface area contributed by atoms with Crippen molar-refractivity contribution in [3.05, 3.63) is 30.1 Å². The van der Waals surface area contributed by atoms with Crippen LogP contribution in [0.5, 0.6) is 0 Å². The van der Waals surface area contributed by atoms with Gasteiger partial charge in [-0.1, -0.05) is 19.9 Å². The maximum absolute atomic E-state index is 10.4. The maximum Gasteiger partial charge on any atom is 0.267 e. The Labute approximate surface area is 67.7 Å². The summed E-state index contributed by atoms with van der Waals surface area (Å²) >= 11 is 0. The molecule has 0 aromatic carbocycles. The average Bonchev–Trinajstić information content (AvgIpc) is 2.10. The summed E-state index contributed by atoms with van der Waals surface area (Å²) in [5.74, 6) is -0.490. The molecule has 1 amide bonds. The van der Waals surface area contributed by atoms with Crippen LogP contribution in [0.3, 0.4) is 0 Å². The Kier molecular flexibility index (Phi) is 4.73. The first kappa shape index (κ1) is 9.62. The van der Waals surface area contributed by atoms with Crippen molar-refractivity contribution in [2.75, 3.05) is 0 Å². The highest BCUT2D eigenvalue weighted by Gasteiger charge is 1.95. The summed E-state index contributed by atoms with van der Waals surface area (Å²) in [5, 5.41) is 0. The van der Waals surface area contributed by atoms with Crippen LogP contribution >= 0.6 is 0 Å². The van der Waals surface area contributed by atoms with Gasteiger partial charge in [0.05, 0.1) is 0 Å². The lowest BCUT2D eigenvalue weighted by Gasteiger charge is -1.88. The van der Waals surface area contributed by atoms with Crippen LogP contribution in [0.4, 0.5) is 0 Å². The van der Waals surface area contributed by atoms with Gasteiger partial charge in [-0.15, -0.1) is 0 Å². The number of amides is 1. The second kappa shape index (κ2) is 5.41. The quantitative estimate of drug-likeness (QED) is 0.665. The molecule has 1 rings (SSSR count). The zero-order valence-corrected chi connectivity index (χ0v) is 6.74. The number of aromatic nitrogens is 1. The molecule has 62 valence electrons. The molecule has 0 bridgehead atoms. The van der Waals surface area contributed by atoms with E-state index in [1.807, 2.05) is 13.8 Å². The molecule has 0 unspecified atom stereocenters. The molecule has 1 heterocycles. The molecule has 0 aliphatic heterocycles. The van der Waals surface area contributed by atoms with Crippen LogP contribution < -0.4 is 5.73 Å². The van der Waals surface area contributed by atoms with Crippen LogP contribution in [0.25, 0.3) is 0 Å². The maximum atomic E-state index is 10.4. The molecule has 3 heteroatoms. The lowest BCUT2D eigenvalue weighted by molar-refractivity contribution is 0.0995. The minimum Gasteiger partial charge on any atom is -0.364 e. The molecule has 0 spiro atoms. The first-order chi connectivity index (χ1) is 5.30. The number of carbonyl (C=O) groups is 1. The van der Waals surface area contributed by atoms with Crippen molar-refractivity contribution in [1.29, 1.82) is 0 Å². The van der Waals surface area contributed by atoms with Crippen LogP contribution in [0.1, 0.15) is 25.8 Å². The van der Waals surface area contributed by atoms with Crippen molar-refractivity contribution in [2.45, 2.75) is 13.8 Å². The molecule has 0 radical (unpaired) electrons. The van der Waals surface area contributed by atoms with Gasteiger partial charge >= 0.3 is 0 Å². The van der Waals surface area contributed by atoms with Gasteiger partial charge in [-0.3, -0.25) is 9.78 Å². The Morgan fingerprint density at radius 1 is 1.55 bits per heavy atom. The lowest BCUT2D eigenvalue weighted by atomic mass is 10.3. The third-order valence-corrected chi connectivity index (χ3v) is 0.917. The monoisotopic (exact) mass is 154 g/mol. The van der Waals surface area contributed by atoms with Crippen LogP contribution in [0.15, 0.2) is 24.4 Å². The topological polar surface area (TPSA) is 56.0 Å². The molecule has 0 atom stereocenters. The number of carbonyl (C=O) groups excluding carboxylic acids is 1. The van der Waals surface area contributed by atoms with Crippen LogP contribution in [-0.4, -0.2) is 10.9 Å². The fourth-order valence-electron chi connectivity index (χ4n) is 0.509. The van der Waals surface area contributed by atoms with Gasteiger partial charge in [0.1, 0.15) is 5.69 Å². The Balaban J connectivity index is 0. The van der Waals surface area contributed by atoms with E-state index in [1.54, 1.807) is 18.2 Å². The summed E-state index contributed by atoms with van der Waals surface area (Å²) in [6.07, 6.45) is 1.53. The van der Waals surface area contributed by atoms with Gasteiger partial charge in [0, 0.05) is 7.62 Å². The normalized spacial score (nSPS) is 7.82. The van der Waals surface area contributed by atoms with Gasteiger partial charge in [0.2, 0.25) is 0 Å². The average molecular weight is 154 g/mol. The molecule has 1 aromatic heterocycles. The van der Waals surface area contributed by atoms with Gasteiger partial charge in [0.25, 0.3) is 5.91 Å². The number of rotatable bonds is 1. The molecule has 0 saturated carbocycles. The van der Waals surface area contributed by atoms with Crippen molar-refractivity contribution < 1.29 is 6.22 Å². The van der Waals surface area contributed by atoms with E-state index in [4.69, 9.17) is 5.73 Å². The van der Waals surface area contributed by atoms with Crippen molar-refractivity contribution in [3.63, 3.8) is 0 Å². The number of pyridine rings is 1. The molecular weight excluding hydrogens is 140 g/mol. The largest absolute Gasteiger partial charge is 0.364 e. The van der Waals surface area contributed by atoms with Gasteiger partial charge in [-0.05, 0) is 12.1 Å². The van der Waals surface area contributed by atoms with Crippen molar-refractivity contribution in [1.82, 2.24) is 4.98 Å². The van der Waals surface area contributed by atoms with Crippen LogP contribution in [-0.2, 0) is 0 Å². The molecule has 0 fully saturated rings. The predicted octanol–water partition coefficient (Wildman–Crippen LogP) is 1.45. The van der Waals surface area contributed by atoms with Gasteiger partial charge < -0.3 is 5.73 Å². The molecular formula is C8H14N2O. The highest BCUT2D eigenvalue weighted by atomic mass is 16.1. The number of hydrogen-bond donors (Lipinski definition) is 1. The zero-order valence-electron chi connectivity index (χ0n) is 6.74. The molecule has 2 N–H and O–H groups in total. The Bertz CT molecular complexity index is 214. The zero-order chi connectivity index (χ0) is 8.69. The second-order valence-electron chi connectivity index (χ2n) is 1.58. The first-order valence-electron chi connectivity index (χ1n) is 3.51. The van der Waals surface area contributed by atoms with Crippen molar-refractivity contribution >= 4 is 5.91 Å². The van der Waals surface area contributed by atoms with E-state index in [-0.39, 0.29) is 1.43 Å². The Hall–Kier alpha value is -1.38. The van der Waals surface area contributed by atoms with E-state index in [0.717, 1.165) is 0 Å². The van der Waals surface area contributed by atoms with E-state index in [2.05, 4.69) is 4.98 Å². The first-order valence-corrected chi connectivity index (χ1v) is 3.51. The second-order valence-corrected chi connectivity index (χ2v) is 1.58. The predicted molar refractivity (Wildman–Crippen MR) is 46.2 cm³/mol. The minimum absolute atomic E-state index is 0. The summed E-state index contributed by atoms with van der Waals surface area (Å²) in [6.45, 7) is 4.00. The molecule has 0 aliphatic carbocycles. The Morgan fingerprint density at radius 3 is 2.45 bits per heavy atom. The van der Waals surface area contributed by atoms with Gasteiger partial charge in [0.15, 0.2) is 0 Å². The van der Waals surface area contributed by atoms with E-state index in [0.29, 0.717) is 5.69 Å². The standard InChI is InChI=1S/C6H6N2O.C2H6.H2/c7-6(9)5-3-1-2-4-8-5;1-2;/h1-4H,(H2,7,9);1-2H3;1H. The van der Waals surface area contributed by atoms with Crippen LogP contribution in [0.2, 0.25) is 0 Å². The summed E-state index contributed by atoms with van der Waals surface area (Å²) in [6, 6.07) is 5.02. The van der Waals surface area contributed by atoms with Gasteiger partial charge in [-0.2, -0.15) is 0 Å². The third-order valence-electron chi connectivity index (χ3n) is 0.917. The minimum atomic E-state index is -0.490. The summed E-state index contributed by atoms with van der Waals surface area (Å²) < 4.78 is 0. The number of nitrogens with zero attached hydrogens (tertiary/aromatic N) is 1. The smallest absolute Gasteiger partial charge is 0.267 e. The van der Waals surface area contributed by atoms with E-state index >= 15 is 0 Å². The van der Waals surface area contributed by atoms with Crippen molar-refractivity contribution in [3.8, 4) is 0 Å². The Morgan fingerprint density at radius 2 is 2.18 bits per heavy atom. The fourth-order valence-corrected chi connectivity index (χ4v) is 0.509. The molecule has 3 nitrogen and oxygen atoms in total. The lowest BCUT2D eigenvalue weighted by Crippen LogP contribution is -2.12. The summed E-state index contributed by atoms with van der Waals surface area (Å²) in [4.78, 5) is 14.1. The number of primary amides is 1. The highest BCUT2D eigenvalue weighted by Crippen LogP contribution is 1.88. The van der Waals surface area contributed by atoms with E-state index in [1.165, 1.54) is 6.20 Å². The van der Waals surface area contributed by atoms with E-state index < -0.39 is 5.91 Å². The fraction of sp³-hybridized carbons (Fsp3) is 0.250. The summed E-state index contributed by atoms with van der Waals surface area (Å²) in [5.41, 5.74) is 5.22. The number of nitrogens with two attached hydrogens (primary N) is 1.